The molecule has 0 aliphatic heterocycles. The second kappa shape index (κ2) is 7.85. The van der Waals surface area contributed by atoms with Crippen molar-refractivity contribution in [2.45, 2.75) is 13.5 Å². The fourth-order valence-electron chi connectivity index (χ4n) is 4.06. The number of H-pyrrole nitrogens is 2. The van der Waals surface area contributed by atoms with Crippen LogP contribution in [-0.2, 0) is 6.54 Å². The smallest absolute Gasteiger partial charge is 0.166 e. The van der Waals surface area contributed by atoms with Crippen molar-refractivity contribution in [1.29, 1.82) is 0 Å². The van der Waals surface area contributed by atoms with Gasteiger partial charge in [-0.05, 0) is 50.8 Å². The molecule has 34 heavy (non-hydrogen) atoms. The van der Waals surface area contributed by atoms with Gasteiger partial charge in [-0.3, -0.25) is 14.6 Å². The van der Waals surface area contributed by atoms with E-state index in [1.807, 2.05) is 62.4 Å². The Labute approximate surface area is 194 Å². The third-order valence-electron chi connectivity index (χ3n) is 5.56. The summed E-state index contributed by atoms with van der Waals surface area (Å²) in [5.41, 5.74) is 7.65. The molecule has 0 saturated carbocycles. The third-order valence-corrected chi connectivity index (χ3v) is 5.56. The van der Waals surface area contributed by atoms with Crippen LogP contribution in [0.2, 0.25) is 0 Å². The molecule has 0 unspecified atom stereocenters. The van der Waals surface area contributed by atoms with Crippen LogP contribution in [0, 0.1) is 6.92 Å². The third kappa shape index (κ3) is 3.50. The molecule has 10 nitrogen and oxygen atoms in total. The molecule has 0 spiro atoms. The van der Waals surface area contributed by atoms with Gasteiger partial charge in [0.25, 0.3) is 0 Å². The van der Waals surface area contributed by atoms with E-state index in [1.165, 1.54) is 0 Å². The molecule has 6 aromatic rings. The van der Waals surface area contributed by atoms with Crippen molar-refractivity contribution in [1.82, 2.24) is 49.6 Å². The number of fused-ring (bicyclic) bond motifs is 2. The van der Waals surface area contributed by atoms with Gasteiger partial charge in [-0.25, -0.2) is 19.9 Å². The predicted octanol–water partition coefficient (Wildman–Crippen LogP) is 3.51. The van der Waals surface area contributed by atoms with E-state index in [0.717, 1.165) is 51.1 Å². The number of hydrogen-bond donors (Lipinski definition) is 2. The second-order valence-electron chi connectivity index (χ2n) is 8.52. The molecule has 0 aliphatic carbocycles. The number of nitrogens with zero attached hydrogens (tertiary/aromatic N) is 8. The van der Waals surface area contributed by atoms with E-state index in [9.17, 15) is 0 Å². The van der Waals surface area contributed by atoms with Crippen molar-refractivity contribution in [3.63, 3.8) is 0 Å². The van der Waals surface area contributed by atoms with Crippen LogP contribution in [0.15, 0.2) is 55.4 Å². The Morgan fingerprint density at radius 3 is 2.74 bits per heavy atom. The number of nitrogens with one attached hydrogen (secondary N) is 2. The first-order valence-corrected chi connectivity index (χ1v) is 10.9. The van der Waals surface area contributed by atoms with E-state index < -0.39 is 0 Å². The van der Waals surface area contributed by atoms with Crippen molar-refractivity contribution in [3.05, 3.63) is 66.6 Å². The van der Waals surface area contributed by atoms with Crippen LogP contribution >= 0.6 is 0 Å². The summed E-state index contributed by atoms with van der Waals surface area (Å²) < 4.78 is 1.87. The number of aromatic nitrogens is 9. The van der Waals surface area contributed by atoms with E-state index in [0.29, 0.717) is 17.3 Å². The van der Waals surface area contributed by atoms with Crippen LogP contribution < -0.4 is 0 Å². The molecule has 0 bridgehead atoms. The summed E-state index contributed by atoms with van der Waals surface area (Å²) in [5, 5.41) is 7.59. The zero-order chi connectivity index (χ0) is 23.2. The maximum absolute atomic E-state index is 4.92. The zero-order valence-electron chi connectivity index (χ0n) is 19.0. The van der Waals surface area contributed by atoms with Gasteiger partial charge in [0.15, 0.2) is 17.3 Å². The van der Waals surface area contributed by atoms with Crippen molar-refractivity contribution in [3.8, 4) is 28.6 Å². The molecule has 10 heteroatoms. The molecule has 168 valence electrons. The lowest BCUT2D eigenvalue weighted by molar-refractivity contribution is 0.402. The lowest BCUT2D eigenvalue weighted by Crippen LogP contribution is -2.10. The molecule has 6 heterocycles. The Morgan fingerprint density at radius 2 is 1.91 bits per heavy atom. The highest BCUT2D eigenvalue weighted by Crippen LogP contribution is 2.29. The van der Waals surface area contributed by atoms with E-state index >= 15 is 0 Å². The summed E-state index contributed by atoms with van der Waals surface area (Å²) in [6.07, 6.45) is 9.13. The topological polar surface area (TPSA) is 117 Å². The Morgan fingerprint density at radius 1 is 1.00 bits per heavy atom. The molecule has 0 saturated heterocycles. The minimum atomic E-state index is 0.622. The average Bonchev–Trinajstić information content (AvgIpc) is 3.55. The fourth-order valence-corrected chi connectivity index (χ4v) is 4.06. The van der Waals surface area contributed by atoms with Gasteiger partial charge in [0.05, 0.1) is 22.4 Å². The van der Waals surface area contributed by atoms with E-state index in [1.54, 1.807) is 12.5 Å². The van der Waals surface area contributed by atoms with Crippen molar-refractivity contribution in [2.24, 2.45) is 0 Å². The molecule has 0 atom stereocenters. The van der Waals surface area contributed by atoms with Crippen LogP contribution in [0.1, 0.15) is 11.3 Å². The molecule has 0 aromatic carbocycles. The minimum Gasteiger partial charge on any atom is -0.336 e. The Bertz CT molecular complexity index is 1640. The number of hydrogen-bond acceptors (Lipinski definition) is 7. The summed E-state index contributed by atoms with van der Waals surface area (Å²) in [6.45, 7) is 2.75. The van der Waals surface area contributed by atoms with Gasteiger partial charge in [-0.15, -0.1) is 0 Å². The van der Waals surface area contributed by atoms with Gasteiger partial charge in [0, 0.05) is 36.9 Å². The normalized spacial score (nSPS) is 11.8. The monoisotopic (exact) mass is 450 g/mol. The van der Waals surface area contributed by atoms with Crippen LogP contribution in [0.25, 0.3) is 50.7 Å². The number of aryl methyl sites for hydroxylation is 1. The lowest BCUT2D eigenvalue weighted by Gasteiger charge is -2.10. The molecule has 2 N–H and O–H groups in total. The lowest BCUT2D eigenvalue weighted by atomic mass is 10.1. The van der Waals surface area contributed by atoms with Gasteiger partial charge >= 0.3 is 0 Å². The molecule has 0 fully saturated rings. The standard InChI is InChI=1S/C24H22N10/c1-14-11-34(13-27-14)24-21-18(6-7-26-24)29-23(30-21)22-20-19(31-32-22)5-4-17(28-20)16-8-15(9-25-10-16)12-33(2)3/h4-11,13H,12H2,1-3H3,(H,29,30)(H,31,32). The van der Waals surface area contributed by atoms with Crippen LogP contribution in [0.4, 0.5) is 0 Å². The minimum absolute atomic E-state index is 0.622. The summed E-state index contributed by atoms with van der Waals surface area (Å²) >= 11 is 0. The molecular formula is C24H22N10. The van der Waals surface area contributed by atoms with Crippen molar-refractivity contribution < 1.29 is 0 Å². The molecular weight excluding hydrogens is 428 g/mol. The van der Waals surface area contributed by atoms with Crippen molar-refractivity contribution in [2.75, 3.05) is 14.1 Å². The van der Waals surface area contributed by atoms with Crippen LogP contribution in [-0.4, -0.2) is 63.7 Å². The number of pyridine rings is 3. The van der Waals surface area contributed by atoms with Crippen molar-refractivity contribution >= 4 is 22.1 Å². The predicted molar refractivity (Wildman–Crippen MR) is 129 cm³/mol. The van der Waals surface area contributed by atoms with E-state index in [2.05, 4.69) is 41.1 Å². The number of aromatic amines is 2. The first kappa shape index (κ1) is 20.2. The average molecular weight is 451 g/mol. The van der Waals surface area contributed by atoms with E-state index in [4.69, 9.17) is 9.97 Å². The Hall–Kier alpha value is -4.44. The summed E-state index contributed by atoms with van der Waals surface area (Å²) in [6, 6.07) is 7.97. The first-order chi connectivity index (χ1) is 16.5. The SMILES string of the molecule is Cc1cn(-c2nccc3[nH]c(-c4n[nH]c5ccc(-c6cncc(CN(C)C)c6)nc45)nc23)cn1. The maximum Gasteiger partial charge on any atom is 0.166 e. The highest BCUT2D eigenvalue weighted by molar-refractivity contribution is 5.92. The van der Waals surface area contributed by atoms with Gasteiger partial charge in [0.1, 0.15) is 17.4 Å². The Kier molecular flexibility index (Phi) is 4.66. The number of imidazole rings is 2. The quantitative estimate of drug-likeness (QED) is 0.413. The highest BCUT2D eigenvalue weighted by Gasteiger charge is 2.17. The number of rotatable bonds is 5. The van der Waals surface area contributed by atoms with Gasteiger partial charge in [-0.1, -0.05) is 0 Å². The summed E-state index contributed by atoms with van der Waals surface area (Å²) in [5.74, 6) is 1.33. The molecule has 6 rings (SSSR count). The molecule has 0 amide bonds. The molecule has 0 aliphatic rings. The van der Waals surface area contributed by atoms with Gasteiger partial charge in [-0.2, -0.15) is 5.10 Å². The van der Waals surface area contributed by atoms with Crippen LogP contribution in [0.3, 0.4) is 0 Å². The largest absolute Gasteiger partial charge is 0.336 e. The maximum atomic E-state index is 4.92. The Balaban J connectivity index is 1.45. The molecule has 6 aromatic heterocycles. The second-order valence-corrected chi connectivity index (χ2v) is 8.52. The summed E-state index contributed by atoms with van der Waals surface area (Å²) in [7, 11) is 4.08. The van der Waals surface area contributed by atoms with Gasteiger partial charge < -0.3 is 9.88 Å². The summed E-state index contributed by atoms with van der Waals surface area (Å²) in [4.78, 5) is 28.5. The zero-order valence-corrected chi connectivity index (χ0v) is 19.0. The van der Waals surface area contributed by atoms with Crippen LogP contribution in [0.5, 0.6) is 0 Å². The van der Waals surface area contributed by atoms with E-state index in [-0.39, 0.29) is 0 Å². The fraction of sp³-hybridized carbons (Fsp3) is 0.167. The highest BCUT2D eigenvalue weighted by atomic mass is 15.2. The molecule has 0 radical (unpaired) electrons. The van der Waals surface area contributed by atoms with Gasteiger partial charge in [0.2, 0.25) is 0 Å². The first-order valence-electron chi connectivity index (χ1n) is 10.9.